The number of carbonyl (C=O) groups is 1. The largest absolute Gasteiger partial charge is 0.382 e. The Morgan fingerprint density at radius 1 is 1.73 bits per heavy atom. The van der Waals surface area contributed by atoms with Gasteiger partial charge in [0, 0.05) is 7.11 Å². The van der Waals surface area contributed by atoms with E-state index in [1.165, 1.54) is 7.11 Å². The highest BCUT2D eigenvalue weighted by atomic mass is 16.5. The molecule has 0 bridgehead atoms. The summed E-state index contributed by atoms with van der Waals surface area (Å²) >= 11 is 0. The van der Waals surface area contributed by atoms with Gasteiger partial charge < -0.3 is 10.1 Å². The van der Waals surface area contributed by atoms with Gasteiger partial charge in [0.1, 0.15) is 11.4 Å². The van der Waals surface area contributed by atoms with Crippen LogP contribution in [-0.2, 0) is 4.74 Å². The molecule has 1 atom stereocenters. The summed E-state index contributed by atoms with van der Waals surface area (Å²) in [6, 6.07) is -0.338. The van der Waals surface area contributed by atoms with Crippen molar-refractivity contribution in [2.75, 3.05) is 13.7 Å². The molecule has 1 saturated heterocycles. The predicted octanol–water partition coefficient (Wildman–Crippen LogP) is -0.318. The Kier molecular flexibility index (Phi) is 1.82. The molecular formula is C6H11N3O2. The van der Waals surface area contributed by atoms with Gasteiger partial charge >= 0.3 is 6.03 Å². The molecule has 1 aliphatic rings. The number of nitrogens with one attached hydrogen (secondary N) is 3. The molecule has 1 rings (SSSR count). The molecule has 1 aliphatic heterocycles. The van der Waals surface area contributed by atoms with Crippen LogP contribution in [0, 0.1) is 5.41 Å². The van der Waals surface area contributed by atoms with Gasteiger partial charge in [-0.15, -0.1) is 0 Å². The average molecular weight is 157 g/mol. The number of hydrogen-bond acceptors (Lipinski definition) is 3. The van der Waals surface area contributed by atoms with Crippen molar-refractivity contribution in [1.29, 1.82) is 5.41 Å². The molecule has 0 aliphatic carbocycles. The molecule has 0 radical (unpaired) electrons. The Balaban J connectivity index is 2.70. The summed E-state index contributed by atoms with van der Waals surface area (Å²) in [7, 11) is 1.53. The standard InChI is InChI=1S/C6H11N3O2/c1-6(3-11-2)4(7)8-5(10)9-6/h3H2,1-2H3,(H3,7,8,9,10). The fourth-order valence-corrected chi connectivity index (χ4v) is 0.993. The van der Waals surface area contributed by atoms with E-state index in [2.05, 4.69) is 10.6 Å². The molecule has 0 spiro atoms. The number of hydrogen-bond donors (Lipinski definition) is 3. The third-order valence-electron chi connectivity index (χ3n) is 1.61. The summed E-state index contributed by atoms with van der Waals surface area (Å²) in [6.45, 7) is 2.04. The second-order valence-electron chi connectivity index (χ2n) is 2.72. The fraction of sp³-hybridized carbons (Fsp3) is 0.667. The first-order valence-electron chi connectivity index (χ1n) is 3.25. The van der Waals surface area contributed by atoms with Crippen molar-refractivity contribution >= 4 is 11.9 Å². The Bertz CT molecular complexity index is 204. The molecular weight excluding hydrogens is 146 g/mol. The number of ether oxygens (including phenoxy) is 1. The minimum Gasteiger partial charge on any atom is -0.382 e. The topological polar surface area (TPSA) is 74.2 Å². The van der Waals surface area contributed by atoms with Crippen molar-refractivity contribution in [2.24, 2.45) is 0 Å². The molecule has 2 amide bonds. The van der Waals surface area contributed by atoms with Crippen molar-refractivity contribution < 1.29 is 9.53 Å². The van der Waals surface area contributed by atoms with Crippen molar-refractivity contribution in [1.82, 2.24) is 10.6 Å². The highest BCUT2D eigenvalue weighted by Gasteiger charge is 2.38. The molecule has 62 valence electrons. The number of amidine groups is 1. The van der Waals surface area contributed by atoms with Crippen molar-refractivity contribution in [2.45, 2.75) is 12.5 Å². The van der Waals surface area contributed by atoms with Crippen LogP contribution in [0.5, 0.6) is 0 Å². The SMILES string of the molecule is COCC1(C)NC(=O)NC1=N. The van der Waals surface area contributed by atoms with Crippen molar-refractivity contribution in [3.63, 3.8) is 0 Å². The molecule has 1 heterocycles. The number of rotatable bonds is 2. The maximum Gasteiger partial charge on any atom is 0.321 e. The fourth-order valence-electron chi connectivity index (χ4n) is 0.993. The van der Waals surface area contributed by atoms with E-state index in [4.69, 9.17) is 10.1 Å². The molecule has 0 aromatic heterocycles. The summed E-state index contributed by atoms with van der Waals surface area (Å²) in [6.07, 6.45) is 0. The molecule has 5 nitrogen and oxygen atoms in total. The monoisotopic (exact) mass is 157 g/mol. The first-order chi connectivity index (χ1) is 5.08. The van der Waals surface area contributed by atoms with Crippen molar-refractivity contribution in [3.8, 4) is 0 Å². The van der Waals surface area contributed by atoms with Gasteiger partial charge in [0.2, 0.25) is 0 Å². The summed E-state index contributed by atoms with van der Waals surface area (Å²) < 4.78 is 4.85. The van der Waals surface area contributed by atoms with Crippen LogP contribution in [0.2, 0.25) is 0 Å². The number of amides is 2. The highest BCUT2D eigenvalue weighted by Crippen LogP contribution is 2.09. The normalized spacial score (nSPS) is 30.0. The minimum atomic E-state index is -0.675. The summed E-state index contributed by atoms with van der Waals surface area (Å²) in [5.41, 5.74) is -0.675. The zero-order valence-electron chi connectivity index (χ0n) is 6.52. The molecule has 0 saturated carbocycles. The van der Waals surface area contributed by atoms with Gasteiger partial charge in [-0.1, -0.05) is 0 Å². The van der Waals surface area contributed by atoms with Crippen molar-refractivity contribution in [3.05, 3.63) is 0 Å². The van der Waals surface area contributed by atoms with E-state index in [-0.39, 0.29) is 11.9 Å². The molecule has 1 fully saturated rings. The quantitative estimate of drug-likeness (QED) is 0.514. The van der Waals surface area contributed by atoms with Gasteiger partial charge in [-0.05, 0) is 6.92 Å². The lowest BCUT2D eigenvalue weighted by molar-refractivity contribution is 0.157. The minimum absolute atomic E-state index is 0.157. The number of urea groups is 1. The molecule has 5 heteroatoms. The van der Waals surface area contributed by atoms with Crippen LogP contribution in [0.4, 0.5) is 4.79 Å². The summed E-state index contributed by atoms with van der Waals surface area (Å²) in [5, 5.41) is 12.3. The first-order valence-corrected chi connectivity index (χ1v) is 3.25. The van der Waals surface area contributed by atoms with Crippen LogP contribution in [0.15, 0.2) is 0 Å². The van der Waals surface area contributed by atoms with E-state index in [1.54, 1.807) is 6.92 Å². The Morgan fingerprint density at radius 3 is 2.73 bits per heavy atom. The first kappa shape index (κ1) is 8.00. The lowest BCUT2D eigenvalue weighted by Gasteiger charge is -2.20. The zero-order valence-corrected chi connectivity index (χ0v) is 6.52. The Morgan fingerprint density at radius 2 is 2.36 bits per heavy atom. The molecule has 1 unspecified atom stereocenters. The van der Waals surface area contributed by atoms with E-state index >= 15 is 0 Å². The lowest BCUT2D eigenvalue weighted by atomic mass is 10.0. The van der Waals surface area contributed by atoms with E-state index in [0.29, 0.717) is 6.61 Å². The second-order valence-corrected chi connectivity index (χ2v) is 2.72. The van der Waals surface area contributed by atoms with E-state index < -0.39 is 5.54 Å². The van der Waals surface area contributed by atoms with Crippen LogP contribution < -0.4 is 10.6 Å². The molecule has 11 heavy (non-hydrogen) atoms. The third-order valence-corrected chi connectivity index (χ3v) is 1.61. The van der Waals surface area contributed by atoms with Gasteiger partial charge in [-0.3, -0.25) is 10.7 Å². The van der Waals surface area contributed by atoms with Crippen LogP contribution in [0.3, 0.4) is 0 Å². The van der Waals surface area contributed by atoms with E-state index in [0.717, 1.165) is 0 Å². The second kappa shape index (κ2) is 2.50. The number of carbonyl (C=O) groups excluding carboxylic acids is 1. The molecule has 0 aromatic carbocycles. The van der Waals surface area contributed by atoms with Crippen LogP contribution in [-0.4, -0.2) is 31.1 Å². The van der Waals surface area contributed by atoms with E-state index in [9.17, 15) is 4.79 Å². The molecule has 0 aromatic rings. The van der Waals surface area contributed by atoms with Crippen LogP contribution >= 0.6 is 0 Å². The Hall–Kier alpha value is -1.10. The lowest BCUT2D eigenvalue weighted by Crippen LogP contribution is -2.47. The summed E-state index contributed by atoms with van der Waals surface area (Å²) in [5.74, 6) is 0.157. The highest BCUT2D eigenvalue weighted by molar-refractivity contribution is 6.08. The zero-order chi connectivity index (χ0) is 8.48. The number of methoxy groups -OCH3 is 1. The summed E-state index contributed by atoms with van der Waals surface area (Å²) in [4.78, 5) is 10.7. The smallest absolute Gasteiger partial charge is 0.321 e. The maximum atomic E-state index is 10.7. The average Bonchev–Trinajstić information content (AvgIpc) is 2.08. The van der Waals surface area contributed by atoms with Gasteiger partial charge in [-0.25, -0.2) is 4.79 Å². The van der Waals surface area contributed by atoms with Gasteiger partial charge in [0.15, 0.2) is 0 Å². The Labute approximate surface area is 64.6 Å². The van der Waals surface area contributed by atoms with Crippen LogP contribution in [0.1, 0.15) is 6.92 Å². The maximum absolute atomic E-state index is 10.7. The van der Waals surface area contributed by atoms with Gasteiger partial charge in [0.25, 0.3) is 0 Å². The van der Waals surface area contributed by atoms with E-state index in [1.807, 2.05) is 0 Å². The van der Waals surface area contributed by atoms with Gasteiger partial charge in [0.05, 0.1) is 6.61 Å². The van der Waals surface area contributed by atoms with Gasteiger partial charge in [-0.2, -0.15) is 0 Å². The molecule has 3 N–H and O–H groups in total. The third kappa shape index (κ3) is 1.32. The van der Waals surface area contributed by atoms with Crippen LogP contribution in [0.25, 0.3) is 0 Å². The predicted molar refractivity (Wildman–Crippen MR) is 39.7 cm³/mol.